The standard InChI is InChI=1S/C7H11NO3S/c1-5(9)8-6(4-12)2-3-7(10)11/h2,12H,3-4H2,1H3,(H,8,9)(H,10,11)/b6-2-. The molecule has 0 saturated carbocycles. The fourth-order valence-electron chi connectivity index (χ4n) is 0.592. The minimum absolute atomic E-state index is 0.101. The Morgan fingerprint density at radius 3 is 2.50 bits per heavy atom. The van der Waals surface area contributed by atoms with Gasteiger partial charge in [0.15, 0.2) is 0 Å². The Morgan fingerprint density at radius 2 is 2.17 bits per heavy atom. The molecule has 0 aromatic carbocycles. The van der Waals surface area contributed by atoms with Gasteiger partial charge in [0.2, 0.25) is 5.91 Å². The third-order valence-electron chi connectivity index (χ3n) is 1.03. The van der Waals surface area contributed by atoms with E-state index in [9.17, 15) is 9.59 Å². The Morgan fingerprint density at radius 1 is 1.58 bits per heavy atom. The normalized spacial score (nSPS) is 11.0. The first kappa shape index (κ1) is 11.0. The van der Waals surface area contributed by atoms with Crippen LogP contribution in [-0.2, 0) is 9.59 Å². The Kier molecular flexibility index (Phi) is 5.19. The Hall–Kier alpha value is -0.970. The van der Waals surface area contributed by atoms with Crippen molar-refractivity contribution in [1.29, 1.82) is 0 Å². The minimum atomic E-state index is -0.931. The lowest BCUT2D eigenvalue weighted by atomic mass is 10.3. The molecular formula is C7H11NO3S. The average Bonchev–Trinajstić information content (AvgIpc) is 1.97. The zero-order valence-electron chi connectivity index (χ0n) is 6.70. The predicted molar refractivity (Wildman–Crippen MR) is 48.0 cm³/mol. The van der Waals surface area contributed by atoms with Crippen molar-refractivity contribution in [2.75, 3.05) is 5.75 Å². The van der Waals surface area contributed by atoms with Gasteiger partial charge < -0.3 is 10.4 Å². The highest BCUT2D eigenvalue weighted by atomic mass is 32.1. The van der Waals surface area contributed by atoms with Crippen molar-refractivity contribution in [2.45, 2.75) is 13.3 Å². The first-order valence-corrected chi connectivity index (χ1v) is 3.98. The summed E-state index contributed by atoms with van der Waals surface area (Å²) in [7, 11) is 0. The average molecular weight is 189 g/mol. The lowest BCUT2D eigenvalue weighted by Crippen LogP contribution is -2.20. The lowest BCUT2D eigenvalue weighted by Gasteiger charge is -2.02. The summed E-state index contributed by atoms with van der Waals surface area (Å²) in [5, 5.41) is 10.8. The molecule has 0 atom stereocenters. The number of aliphatic carboxylic acids is 1. The molecule has 0 spiro atoms. The third kappa shape index (κ3) is 5.79. The quantitative estimate of drug-likeness (QED) is 0.561. The van der Waals surface area contributed by atoms with Crippen molar-refractivity contribution < 1.29 is 14.7 Å². The summed E-state index contributed by atoms with van der Waals surface area (Å²) in [6.45, 7) is 1.36. The number of carbonyl (C=O) groups excluding carboxylic acids is 1. The van der Waals surface area contributed by atoms with Crippen LogP contribution in [0.4, 0.5) is 0 Å². The summed E-state index contributed by atoms with van der Waals surface area (Å²) < 4.78 is 0. The van der Waals surface area contributed by atoms with Crippen LogP contribution in [0.3, 0.4) is 0 Å². The van der Waals surface area contributed by atoms with Crippen molar-refractivity contribution in [2.24, 2.45) is 0 Å². The Labute approximate surface area is 76.1 Å². The highest BCUT2D eigenvalue weighted by Crippen LogP contribution is 1.95. The Balaban J connectivity index is 4.04. The van der Waals surface area contributed by atoms with Gasteiger partial charge in [-0.15, -0.1) is 0 Å². The first-order chi connectivity index (χ1) is 5.56. The highest BCUT2D eigenvalue weighted by molar-refractivity contribution is 7.80. The molecule has 0 aliphatic carbocycles. The van der Waals surface area contributed by atoms with Crippen molar-refractivity contribution >= 4 is 24.5 Å². The molecule has 0 saturated heterocycles. The molecule has 2 N–H and O–H groups in total. The van der Waals surface area contributed by atoms with Gasteiger partial charge in [0, 0.05) is 18.4 Å². The molecule has 4 nitrogen and oxygen atoms in total. The molecule has 0 radical (unpaired) electrons. The molecule has 0 aromatic rings. The fourth-order valence-corrected chi connectivity index (χ4v) is 0.800. The van der Waals surface area contributed by atoms with E-state index in [1.54, 1.807) is 0 Å². The SMILES string of the molecule is CC(=O)N/C(=C\CC(=O)O)CS. The van der Waals surface area contributed by atoms with Gasteiger partial charge in [-0.3, -0.25) is 9.59 Å². The second-order valence-electron chi connectivity index (χ2n) is 2.17. The predicted octanol–water partition coefficient (Wildman–Crippen LogP) is 0.411. The van der Waals surface area contributed by atoms with E-state index in [-0.39, 0.29) is 12.3 Å². The van der Waals surface area contributed by atoms with E-state index in [1.165, 1.54) is 13.0 Å². The van der Waals surface area contributed by atoms with Gasteiger partial charge in [-0.2, -0.15) is 12.6 Å². The summed E-state index contributed by atoms with van der Waals surface area (Å²) in [4.78, 5) is 20.6. The second kappa shape index (κ2) is 5.65. The summed E-state index contributed by atoms with van der Waals surface area (Å²) >= 11 is 3.92. The van der Waals surface area contributed by atoms with E-state index in [4.69, 9.17) is 5.11 Å². The van der Waals surface area contributed by atoms with E-state index >= 15 is 0 Å². The van der Waals surface area contributed by atoms with Crippen LogP contribution in [0.15, 0.2) is 11.8 Å². The maximum atomic E-state index is 10.5. The fraction of sp³-hybridized carbons (Fsp3) is 0.429. The van der Waals surface area contributed by atoms with Gasteiger partial charge in [0.05, 0.1) is 6.42 Å². The number of carbonyl (C=O) groups is 2. The molecule has 12 heavy (non-hydrogen) atoms. The second-order valence-corrected chi connectivity index (χ2v) is 2.48. The minimum Gasteiger partial charge on any atom is -0.481 e. The van der Waals surface area contributed by atoms with E-state index in [0.717, 1.165) is 0 Å². The van der Waals surface area contributed by atoms with Crippen LogP contribution < -0.4 is 5.32 Å². The number of thiol groups is 1. The van der Waals surface area contributed by atoms with Crippen LogP contribution in [0, 0.1) is 0 Å². The van der Waals surface area contributed by atoms with Crippen molar-refractivity contribution in [3.63, 3.8) is 0 Å². The molecule has 0 heterocycles. The van der Waals surface area contributed by atoms with E-state index in [2.05, 4.69) is 17.9 Å². The maximum absolute atomic E-state index is 10.5. The van der Waals surface area contributed by atoms with Gasteiger partial charge in [-0.25, -0.2) is 0 Å². The van der Waals surface area contributed by atoms with Gasteiger partial charge in [0.25, 0.3) is 0 Å². The third-order valence-corrected chi connectivity index (χ3v) is 1.37. The van der Waals surface area contributed by atoms with E-state index < -0.39 is 5.97 Å². The van der Waals surface area contributed by atoms with Crippen LogP contribution in [-0.4, -0.2) is 22.7 Å². The zero-order chi connectivity index (χ0) is 9.56. The number of nitrogens with one attached hydrogen (secondary N) is 1. The summed E-state index contributed by atoms with van der Waals surface area (Å²) in [5.41, 5.74) is 0.522. The lowest BCUT2D eigenvalue weighted by molar-refractivity contribution is -0.136. The van der Waals surface area contributed by atoms with Gasteiger partial charge in [0.1, 0.15) is 0 Å². The summed E-state index contributed by atoms with van der Waals surface area (Å²) in [6, 6.07) is 0. The number of amides is 1. The van der Waals surface area contributed by atoms with Crippen molar-refractivity contribution in [3.05, 3.63) is 11.8 Å². The molecule has 0 aliphatic heterocycles. The topological polar surface area (TPSA) is 66.4 Å². The highest BCUT2D eigenvalue weighted by Gasteiger charge is 1.98. The number of hydrogen-bond acceptors (Lipinski definition) is 3. The Bertz CT molecular complexity index is 213. The number of hydrogen-bond donors (Lipinski definition) is 3. The molecular weight excluding hydrogens is 178 g/mol. The molecule has 0 fully saturated rings. The largest absolute Gasteiger partial charge is 0.481 e. The van der Waals surface area contributed by atoms with Crippen LogP contribution in [0.5, 0.6) is 0 Å². The maximum Gasteiger partial charge on any atom is 0.307 e. The molecule has 0 aromatic heterocycles. The monoisotopic (exact) mass is 189 g/mol. The van der Waals surface area contributed by atoms with Crippen LogP contribution in [0.2, 0.25) is 0 Å². The number of carboxylic acid groups (broad SMARTS) is 1. The molecule has 5 heteroatoms. The smallest absolute Gasteiger partial charge is 0.307 e. The van der Waals surface area contributed by atoms with Gasteiger partial charge in [-0.1, -0.05) is 6.08 Å². The molecule has 1 amide bonds. The van der Waals surface area contributed by atoms with E-state index in [1.807, 2.05) is 0 Å². The first-order valence-electron chi connectivity index (χ1n) is 3.35. The molecule has 0 bridgehead atoms. The van der Waals surface area contributed by atoms with Crippen molar-refractivity contribution in [3.8, 4) is 0 Å². The van der Waals surface area contributed by atoms with Crippen LogP contribution in [0.25, 0.3) is 0 Å². The summed E-state index contributed by atoms with van der Waals surface area (Å²) in [5.74, 6) is -0.826. The number of carboxylic acids is 1. The van der Waals surface area contributed by atoms with Gasteiger partial charge >= 0.3 is 5.97 Å². The zero-order valence-corrected chi connectivity index (χ0v) is 7.60. The van der Waals surface area contributed by atoms with Gasteiger partial charge in [-0.05, 0) is 0 Å². The molecule has 68 valence electrons. The summed E-state index contributed by atoms with van der Waals surface area (Å²) in [6.07, 6.45) is 1.33. The number of rotatable bonds is 4. The van der Waals surface area contributed by atoms with Crippen molar-refractivity contribution in [1.82, 2.24) is 5.32 Å². The van der Waals surface area contributed by atoms with Crippen LogP contribution >= 0.6 is 12.6 Å². The van der Waals surface area contributed by atoms with Crippen LogP contribution in [0.1, 0.15) is 13.3 Å². The molecule has 0 rings (SSSR count). The molecule has 0 unspecified atom stereocenters. The van der Waals surface area contributed by atoms with E-state index in [0.29, 0.717) is 11.4 Å². The molecule has 0 aliphatic rings.